The lowest BCUT2D eigenvalue weighted by Crippen LogP contribution is -2.47. The van der Waals surface area contributed by atoms with Crippen LogP contribution in [0.4, 0.5) is 4.39 Å². The zero-order valence-corrected chi connectivity index (χ0v) is 15.1. The summed E-state index contributed by atoms with van der Waals surface area (Å²) in [7, 11) is 0. The van der Waals surface area contributed by atoms with Crippen molar-refractivity contribution in [3.05, 3.63) is 67.4 Å². The molecule has 28 heavy (non-hydrogen) atoms. The maximum atomic E-state index is 14.8. The minimum absolute atomic E-state index is 0.117. The van der Waals surface area contributed by atoms with Crippen molar-refractivity contribution in [3.8, 4) is 17.0 Å². The molecular formula is C22H19FN4O. The Morgan fingerprint density at radius 3 is 2.86 bits per heavy atom. The number of benzene rings is 1. The van der Waals surface area contributed by atoms with Crippen molar-refractivity contribution in [3.63, 3.8) is 0 Å². The van der Waals surface area contributed by atoms with Crippen LogP contribution in [-0.2, 0) is 0 Å². The van der Waals surface area contributed by atoms with Gasteiger partial charge in [-0.3, -0.25) is 15.0 Å². The van der Waals surface area contributed by atoms with E-state index in [1.807, 2.05) is 24.3 Å². The summed E-state index contributed by atoms with van der Waals surface area (Å²) in [5.41, 5.74) is 2.40. The number of piperidine rings is 1. The fraction of sp³-hybridized carbons (Fsp3) is 0.227. The number of nitrogens with one attached hydrogen (secondary N) is 1. The number of rotatable bonds is 3. The van der Waals surface area contributed by atoms with Crippen molar-refractivity contribution in [1.29, 1.82) is 0 Å². The largest absolute Gasteiger partial charge is 0.507 e. The zero-order valence-electron chi connectivity index (χ0n) is 15.1. The summed E-state index contributed by atoms with van der Waals surface area (Å²) in [4.78, 5) is 13.0. The number of phenols is 1. The molecule has 2 aliphatic rings. The molecule has 0 spiro atoms. The Labute approximate surface area is 161 Å². The first-order valence-electron chi connectivity index (χ1n) is 9.27. The van der Waals surface area contributed by atoms with Gasteiger partial charge in [0.15, 0.2) is 0 Å². The Kier molecular flexibility index (Phi) is 3.94. The van der Waals surface area contributed by atoms with Crippen molar-refractivity contribution in [2.45, 2.75) is 24.7 Å². The molecule has 2 bridgehead atoms. The molecule has 0 saturated carbocycles. The van der Waals surface area contributed by atoms with Crippen molar-refractivity contribution in [2.24, 2.45) is 5.92 Å². The number of hydrogen-bond acceptors (Lipinski definition) is 5. The molecular weight excluding hydrogens is 355 g/mol. The lowest BCUT2D eigenvalue weighted by molar-refractivity contribution is 0.179. The van der Waals surface area contributed by atoms with E-state index in [0.717, 1.165) is 10.8 Å². The highest BCUT2D eigenvalue weighted by Gasteiger charge is 2.40. The molecule has 1 fully saturated rings. The first-order chi connectivity index (χ1) is 13.6. The van der Waals surface area contributed by atoms with Crippen LogP contribution in [0.2, 0.25) is 0 Å². The summed E-state index contributed by atoms with van der Waals surface area (Å²) in [6, 6.07) is 5.34. The number of phenolic OH excluding ortho intramolecular Hbond substituents is 1. The van der Waals surface area contributed by atoms with Gasteiger partial charge in [-0.1, -0.05) is 18.7 Å². The minimum atomic E-state index is -1.03. The molecule has 140 valence electrons. The summed E-state index contributed by atoms with van der Waals surface area (Å²) < 4.78 is 14.8. The molecule has 2 aromatic heterocycles. The van der Waals surface area contributed by atoms with Gasteiger partial charge in [-0.2, -0.15) is 0 Å². The first-order valence-corrected chi connectivity index (χ1v) is 9.27. The van der Waals surface area contributed by atoms with Crippen molar-refractivity contribution in [1.82, 2.24) is 20.3 Å². The predicted octanol–water partition coefficient (Wildman–Crippen LogP) is 3.67. The predicted molar refractivity (Wildman–Crippen MR) is 106 cm³/mol. The molecule has 1 saturated heterocycles. The number of fused-ring (bicyclic) bond motifs is 3. The highest BCUT2D eigenvalue weighted by Crippen LogP contribution is 2.37. The quantitative estimate of drug-likeness (QED) is 0.685. The van der Waals surface area contributed by atoms with Crippen molar-refractivity contribution < 1.29 is 9.50 Å². The number of halogens is 1. The normalized spacial score (nSPS) is 25.9. The van der Waals surface area contributed by atoms with Gasteiger partial charge < -0.3 is 10.4 Å². The van der Waals surface area contributed by atoms with Crippen LogP contribution in [0.1, 0.15) is 12.1 Å². The van der Waals surface area contributed by atoms with E-state index in [4.69, 9.17) is 0 Å². The van der Waals surface area contributed by atoms with Crippen LogP contribution in [0.15, 0.2) is 61.7 Å². The van der Waals surface area contributed by atoms with Crippen molar-refractivity contribution in [2.75, 3.05) is 0 Å². The molecule has 4 atom stereocenters. The number of pyridine rings is 1. The average Bonchev–Trinajstić information content (AvgIpc) is 3.13. The Balaban J connectivity index is 1.43. The van der Waals surface area contributed by atoms with Gasteiger partial charge in [-0.25, -0.2) is 4.39 Å². The molecule has 6 heteroatoms. The van der Waals surface area contributed by atoms with E-state index >= 15 is 0 Å². The van der Waals surface area contributed by atoms with E-state index in [2.05, 4.69) is 26.8 Å². The van der Waals surface area contributed by atoms with Gasteiger partial charge in [0.1, 0.15) is 11.9 Å². The maximum absolute atomic E-state index is 14.8. The third kappa shape index (κ3) is 2.77. The Morgan fingerprint density at radius 2 is 2.04 bits per heavy atom. The lowest BCUT2D eigenvalue weighted by atomic mass is 9.83. The summed E-state index contributed by atoms with van der Waals surface area (Å²) in [5.74, 6) is -0.167. The standard InChI is InChI=1S/C22H19FN4O/c1-12(16-8-15-2-3-18(27-15)22(16)23)19-10-26-20(11-25-19)17-6-13-4-5-24-9-14(13)7-21(17)28/h2-7,9-11,15-16,18,22,27-28H,1,8H2/t15?,16-,18?,22-/m1/s1. The molecule has 2 aliphatic heterocycles. The van der Waals surface area contributed by atoms with Gasteiger partial charge in [0.05, 0.1) is 29.8 Å². The number of aromatic nitrogens is 3. The van der Waals surface area contributed by atoms with Gasteiger partial charge in [0.2, 0.25) is 0 Å². The monoisotopic (exact) mass is 374 g/mol. The van der Waals surface area contributed by atoms with E-state index in [9.17, 15) is 9.50 Å². The Bertz CT molecular complexity index is 1100. The van der Waals surface area contributed by atoms with Crippen LogP contribution < -0.4 is 5.32 Å². The summed E-state index contributed by atoms with van der Waals surface area (Å²) in [6.45, 7) is 4.10. The van der Waals surface area contributed by atoms with Crippen LogP contribution in [0.3, 0.4) is 0 Å². The first kappa shape index (κ1) is 17.0. The van der Waals surface area contributed by atoms with E-state index in [1.165, 1.54) is 0 Å². The van der Waals surface area contributed by atoms with Crippen LogP contribution >= 0.6 is 0 Å². The number of allylic oxidation sites excluding steroid dienone is 1. The van der Waals surface area contributed by atoms with Gasteiger partial charge in [-0.05, 0) is 35.6 Å². The molecule has 2 N–H and O–H groups in total. The van der Waals surface area contributed by atoms with Crippen LogP contribution in [0, 0.1) is 5.92 Å². The highest BCUT2D eigenvalue weighted by molar-refractivity contribution is 5.89. The van der Waals surface area contributed by atoms with Crippen LogP contribution in [0.25, 0.3) is 27.6 Å². The average molecular weight is 374 g/mol. The van der Waals surface area contributed by atoms with E-state index < -0.39 is 6.17 Å². The van der Waals surface area contributed by atoms with E-state index in [0.29, 0.717) is 28.9 Å². The molecule has 3 aromatic rings. The van der Waals surface area contributed by atoms with Gasteiger partial charge in [0, 0.05) is 35.3 Å². The zero-order chi connectivity index (χ0) is 19.3. The van der Waals surface area contributed by atoms with Gasteiger partial charge in [0.25, 0.3) is 0 Å². The second kappa shape index (κ2) is 6.49. The number of aromatic hydroxyl groups is 1. The van der Waals surface area contributed by atoms with Gasteiger partial charge in [-0.15, -0.1) is 0 Å². The number of hydrogen-bond donors (Lipinski definition) is 2. The van der Waals surface area contributed by atoms with Gasteiger partial charge >= 0.3 is 0 Å². The maximum Gasteiger partial charge on any atom is 0.126 e. The second-order valence-corrected chi connectivity index (χ2v) is 7.37. The lowest BCUT2D eigenvalue weighted by Gasteiger charge is -2.33. The highest BCUT2D eigenvalue weighted by atomic mass is 19.1. The topological polar surface area (TPSA) is 70.9 Å². The van der Waals surface area contributed by atoms with Crippen molar-refractivity contribution >= 4 is 16.3 Å². The summed E-state index contributed by atoms with van der Waals surface area (Å²) in [5, 5.41) is 15.4. The summed E-state index contributed by atoms with van der Waals surface area (Å²) in [6.07, 6.45) is 10.2. The molecule has 4 heterocycles. The third-order valence-electron chi connectivity index (χ3n) is 5.65. The summed E-state index contributed by atoms with van der Waals surface area (Å²) >= 11 is 0. The van der Waals surface area contributed by atoms with Crippen LogP contribution in [-0.4, -0.2) is 38.3 Å². The molecule has 0 aliphatic carbocycles. The molecule has 2 unspecified atom stereocenters. The third-order valence-corrected chi connectivity index (χ3v) is 5.65. The molecule has 0 radical (unpaired) electrons. The molecule has 5 nitrogen and oxygen atoms in total. The smallest absolute Gasteiger partial charge is 0.126 e. The molecule has 0 amide bonds. The molecule has 5 rings (SSSR count). The number of nitrogens with zero attached hydrogens (tertiary/aromatic N) is 3. The Morgan fingerprint density at radius 1 is 1.14 bits per heavy atom. The fourth-order valence-electron chi connectivity index (χ4n) is 4.10. The Hall–Kier alpha value is -3.12. The van der Waals surface area contributed by atoms with Crippen LogP contribution in [0.5, 0.6) is 5.75 Å². The van der Waals surface area contributed by atoms with E-state index in [1.54, 1.807) is 30.9 Å². The minimum Gasteiger partial charge on any atom is -0.507 e. The van der Waals surface area contributed by atoms with E-state index in [-0.39, 0.29) is 23.8 Å². The molecule has 1 aromatic carbocycles. The fourth-order valence-corrected chi connectivity index (χ4v) is 4.10. The number of alkyl halides is 1. The second-order valence-electron chi connectivity index (χ2n) is 7.37. The SMILES string of the molecule is C=C(c1cnc(-c2cc3ccncc3cc2O)cn1)[C@H]1CC2C=CC(N2)[C@@H]1F.